The first-order valence-corrected chi connectivity index (χ1v) is 5.84. The average Bonchev–Trinajstić information content (AvgIpc) is 2.18. The van der Waals surface area contributed by atoms with Gasteiger partial charge in [-0.1, -0.05) is 52.2 Å². The van der Waals surface area contributed by atoms with Crippen molar-refractivity contribution >= 4 is 0 Å². The summed E-state index contributed by atoms with van der Waals surface area (Å²) in [6, 6.07) is 7.26. The Hall–Kier alpha value is -0.980. The summed E-state index contributed by atoms with van der Waals surface area (Å²) in [5.41, 5.74) is 1.47. The maximum absolute atomic E-state index is 11.0. The van der Waals surface area contributed by atoms with Crippen molar-refractivity contribution in [1.29, 1.82) is 0 Å². The highest BCUT2D eigenvalue weighted by atomic mass is 16.3. The Bertz CT molecular complexity index is 285. The number of hydrogen-bond donors (Lipinski definition) is 0. The molecule has 1 aromatic rings. The molecule has 0 fully saturated rings. The van der Waals surface area contributed by atoms with Crippen LogP contribution in [0.4, 0.5) is 0 Å². The van der Waals surface area contributed by atoms with Crippen molar-refractivity contribution in [3.63, 3.8) is 0 Å². The number of unbranched alkanes of at least 4 members (excludes halogenated alkanes) is 2. The van der Waals surface area contributed by atoms with Crippen LogP contribution in [-0.4, -0.2) is 0 Å². The van der Waals surface area contributed by atoms with E-state index in [-0.39, 0.29) is 11.2 Å². The summed E-state index contributed by atoms with van der Waals surface area (Å²) in [6.45, 7) is 6.73. The zero-order valence-corrected chi connectivity index (χ0v) is 10.0. The molecule has 0 aliphatic heterocycles. The normalized spacial score (nSPS) is 11.7. The van der Waals surface area contributed by atoms with Gasteiger partial charge in [0.15, 0.2) is 5.75 Å². The van der Waals surface area contributed by atoms with Gasteiger partial charge in [0.25, 0.3) is 0 Å². The lowest BCUT2D eigenvalue weighted by molar-refractivity contribution is 0.354. The molecule has 1 nitrogen and oxygen atoms in total. The first-order chi connectivity index (χ1) is 7.06. The standard InChI is InChI=1S/C14H21O/c1-4-5-6-11-14(2,3)12-7-9-13(15)10-8-12/h7-10H,4-6,11H2,1-3H3. The third kappa shape index (κ3) is 3.58. The van der Waals surface area contributed by atoms with Gasteiger partial charge in [-0.15, -0.1) is 0 Å². The highest BCUT2D eigenvalue weighted by Crippen LogP contribution is 2.30. The molecule has 0 unspecified atom stereocenters. The fraction of sp³-hybridized carbons (Fsp3) is 0.571. The molecule has 1 radical (unpaired) electrons. The Morgan fingerprint density at radius 1 is 1.07 bits per heavy atom. The maximum Gasteiger partial charge on any atom is 0.178 e. The van der Waals surface area contributed by atoms with Crippen molar-refractivity contribution < 1.29 is 5.11 Å². The van der Waals surface area contributed by atoms with E-state index in [4.69, 9.17) is 0 Å². The summed E-state index contributed by atoms with van der Waals surface area (Å²) in [4.78, 5) is 0. The van der Waals surface area contributed by atoms with E-state index < -0.39 is 0 Å². The zero-order valence-electron chi connectivity index (χ0n) is 10.0. The summed E-state index contributed by atoms with van der Waals surface area (Å²) < 4.78 is 0. The van der Waals surface area contributed by atoms with Gasteiger partial charge in [-0.2, -0.15) is 0 Å². The minimum atomic E-state index is 0.100. The number of rotatable bonds is 5. The lowest BCUT2D eigenvalue weighted by atomic mass is 9.80. The van der Waals surface area contributed by atoms with Crippen LogP contribution in [0.3, 0.4) is 0 Å². The molecule has 15 heavy (non-hydrogen) atoms. The first kappa shape index (κ1) is 12.1. The average molecular weight is 205 g/mol. The monoisotopic (exact) mass is 205 g/mol. The molecular formula is C14H21O. The van der Waals surface area contributed by atoms with E-state index in [1.54, 1.807) is 12.1 Å². The molecule has 0 amide bonds. The second-order valence-corrected chi connectivity index (χ2v) is 4.87. The minimum Gasteiger partial charge on any atom is -0.290 e. The molecule has 0 spiro atoms. The van der Waals surface area contributed by atoms with E-state index in [1.807, 2.05) is 12.1 Å². The lowest BCUT2D eigenvalue weighted by Crippen LogP contribution is -2.16. The van der Waals surface area contributed by atoms with Crippen molar-refractivity contribution in [3.05, 3.63) is 29.8 Å². The third-order valence-electron chi connectivity index (χ3n) is 3.04. The van der Waals surface area contributed by atoms with E-state index in [1.165, 1.54) is 31.2 Å². The topological polar surface area (TPSA) is 19.9 Å². The fourth-order valence-corrected chi connectivity index (χ4v) is 1.87. The highest BCUT2D eigenvalue weighted by molar-refractivity contribution is 5.30. The third-order valence-corrected chi connectivity index (χ3v) is 3.04. The van der Waals surface area contributed by atoms with Gasteiger partial charge in [-0.05, 0) is 29.5 Å². The van der Waals surface area contributed by atoms with Gasteiger partial charge in [0.2, 0.25) is 0 Å². The van der Waals surface area contributed by atoms with Crippen LogP contribution in [0.25, 0.3) is 0 Å². The number of hydrogen-bond acceptors (Lipinski definition) is 0. The van der Waals surface area contributed by atoms with Gasteiger partial charge in [0, 0.05) is 0 Å². The highest BCUT2D eigenvalue weighted by Gasteiger charge is 2.19. The second kappa shape index (κ2) is 5.20. The quantitative estimate of drug-likeness (QED) is 0.621. The molecule has 0 saturated heterocycles. The Balaban J connectivity index is 2.63. The van der Waals surface area contributed by atoms with Crippen LogP contribution in [0.5, 0.6) is 5.75 Å². The Morgan fingerprint density at radius 2 is 1.67 bits per heavy atom. The van der Waals surface area contributed by atoms with Gasteiger partial charge in [0.05, 0.1) is 0 Å². The molecule has 0 aromatic heterocycles. The van der Waals surface area contributed by atoms with Crippen molar-refractivity contribution in [3.8, 4) is 5.75 Å². The summed E-state index contributed by atoms with van der Waals surface area (Å²) >= 11 is 0. The molecule has 0 saturated carbocycles. The molecular weight excluding hydrogens is 184 g/mol. The van der Waals surface area contributed by atoms with Gasteiger partial charge < -0.3 is 0 Å². The smallest absolute Gasteiger partial charge is 0.178 e. The predicted molar refractivity (Wildman–Crippen MR) is 63.7 cm³/mol. The van der Waals surface area contributed by atoms with Gasteiger partial charge in [-0.25, -0.2) is 0 Å². The Kier molecular flexibility index (Phi) is 4.19. The molecule has 1 heteroatoms. The summed E-state index contributed by atoms with van der Waals surface area (Å²) in [7, 11) is 0. The number of benzene rings is 1. The van der Waals surface area contributed by atoms with E-state index >= 15 is 0 Å². The zero-order chi connectivity index (χ0) is 11.3. The Labute approximate surface area is 93.1 Å². The van der Waals surface area contributed by atoms with E-state index in [2.05, 4.69) is 20.8 Å². The molecule has 0 aliphatic rings. The van der Waals surface area contributed by atoms with Gasteiger partial charge in [0.1, 0.15) is 0 Å². The molecule has 0 atom stereocenters. The van der Waals surface area contributed by atoms with Crippen molar-refractivity contribution in [2.24, 2.45) is 0 Å². The minimum absolute atomic E-state index is 0.100. The van der Waals surface area contributed by atoms with E-state index in [0.717, 1.165) is 0 Å². The predicted octanol–water partition coefficient (Wildman–Crippen LogP) is 4.69. The summed E-state index contributed by atoms with van der Waals surface area (Å²) in [5.74, 6) is 0.100. The molecule has 0 aliphatic carbocycles. The Morgan fingerprint density at radius 3 is 2.20 bits per heavy atom. The second-order valence-electron chi connectivity index (χ2n) is 4.87. The molecule has 0 heterocycles. The van der Waals surface area contributed by atoms with Crippen molar-refractivity contribution in [2.45, 2.75) is 51.9 Å². The molecule has 1 aromatic carbocycles. The molecule has 1 rings (SSSR count). The molecule has 0 N–H and O–H groups in total. The summed E-state index contributed by atoms with van der Waals surface area (Å²) in [5, 5.41) is 11.0. The molecule has 0 bridgehead atoms. The maximum atomic E-state index is 11.0. The van der Waals surface area contributed by atoms with Gasteiger partial charge >= 0.3 is 0 Å². The van der Waals surface area contributed by atoms with E-state index in [9.17, 15) is 5.11 Å². The molecule has 83 valence electrons. The largest absolute Gasteiger partial charge is 0.290 e. The SMILES string of the molecule is CCCCCC(C)(C)c1ccc([O])cc1. The van der Waals surface area contributed by atoms with Crippen molar-refractivity contribution in [2.75, 3.05) is 0 Å². The first-order valence-electron chi connectivity index (χ1n) is 5.84. The van der Waals surface area contributed by atoms with Crippen LogP contribution < -0.4 is 0 Å². The van der Waals surface area contributed by atoms with Crippen LogP contribution >= 0.6 is 0 Å². The lowest BCUT2D eigenvalue weighted by Gasteiger charge is -2.25. The van der Waals surface area contributed by atoms with Crippen LogP contribution in [0.2, 0.25) is 0 Å². The van der Waals surface area contributed by atoms with Crippen LogP contribution in [-0.2, 0) is 10.5 Å². The fourth-order valence-electron chi connectivity index (χ4n) is 1.87. The van der Waals surface area contributed by atoms with Crippen LogP contribution in [0, 0.1) is 0 Å². The van der Waals surface area contributed by atoms with Crippen LogP contribution in [0.1, 0.15) is 52.0 Å². The summed E-state index contributed by atoms with van der Waals surface area (Å²) in [6.07, 6.45) is 5.01. The van der Waals surface area contributed by atoms with E-state index in [0.29, 0.717) is 0 Å². The van der Waals surface area contributed by atoms with Crippen molar-refractivity contribution in [1.82, 2.24) is 0 Å². The van der Waals surface area contributed by atoms with Gasteiger partial charge in [-0.3, -0.25) is 5.11 Å². The van der Waals surface area contributed by atoms with Crippen LogP contribution in [0.15, 0.2) is 24.3 Å².